The van der Waals surface area contributed by atoms with Crippen LogP contribution in [0.5, 0.6) is 0 Å². The van der Waals surface area contributed by atoms with Gasteiger partial charge in [0.15, 0.2) is 0 Å². The number of hydrogen-bond donors (Lipinski definition) is 0. The van der Waals surface area contributed by atoms with E-state index in [4.69, 9.17) is 9.47 Å². The van der Waals surface area contributed by atoms with Crippen molar-refractivity contribution in [3.05, 3.63) is 32.9 Å². The van der Waals surface area contributed by atoms with Crippen LogP contribution in [0, 0.1) is 0 Å². The molecule has 0 amide bonds. The molecule has 1 rings (SSSR count). The second-order valence-electron chi connectivity index (χ2n) is 6.12. The van der Waals surface area contributed by atoms with Gasteiger partial charge in [0.1, 0.15) is 0 Å². The van der Waals surface area contributed by atoms with Gasteiger partial charge in [0.2, 0.25) is 0 Å². The Morgan fingerprint density at radius 3 is 2.57 bits per heavy atom. The van der Waals surface area contributed by atoms with Crippen molar-refractivity contribution in [1.82, 2.24) is 4.90 Å². The minimum atomic E-state index is -2.16. The molecule has 0 N–H and O–H groups in total. The molecule has 0 aromatic heterocycles. The Balaban J connectivity index is 3.11. The Kier molecular flexibility index (Phi) is 7.59. The van der Waals surface area contributed by atoms with Gasteiger partial charge >= 0.3 is 143 Å². The third-order valence-electron chi connectivity index (χ3n) is 4.01. The Morgan fingerprint density at radius 1 is 1.39 bits per heavy atom. The van der Waals surface area contributed by atoms with Crippen LogP contribution in [0.1, 0.15) is 33.6 Å². The van der Waals surface area contributed by atoms with Gasteiger partial charge in [-0.25, -0.2) is 0 Å². The second-order valence-corrected chi connectivity index (χ2v) is 13.7. The number of nitrogens with zero attached hydrogens (tertiary/aromatic N) is 1. The zero-order valence-electron chi connectivity index (χ0n) is 15.5. The van der Waals surface area contributed by atoms with Crippen molar-refractivity contribution in [2.75, 3.05) is 20.7 Å². The van der Waals surface area contributed by atoms with E-state index in [9.17, 15) is 4.79 Å². The van der Waals surface area contributed by atoms with Crippen molar-refractivity contribution in [2.45, 2.75) is 51.5 Å². The van der Waals surface area contributed by atoms with Crippen molar-refractivity contribution < 1.29 is 14.3 Å². The van der Waals surface area contributed by atoms with Gasteiger partial charge in [-0.15, -0.1) is 0 Å². The summed E-state index contributed by atoms with van der Waals surface area (Å²) in [6.45, 7) is 6.40. The normalized spacial score (nSPS) is 17.7. The number of hydrogen-bond acceptors (Lipinski definition) is 4. The van der Waals surface area contributed by atoms with E-state index in [-0.39, 0.29) is 12.2 Å². The maximum atomic E-state index is 11.9. The van der Waals surface area contributed by atoms with Gasteiger partial charge in [0.25, 0.3) is 0 Å². The molecule has 23 heavy (non-hydrogen) atoms. The van der Waals surface area contributed by atoms with Crippen LogP contribution in [0.25, 0.3) is 0 Å². The first kappa shape index (κ1) is 20.0. The van der Waals surface area contributed by atoms with E-state index < -0.39 is 12.8 Å². The monoisotopic (exact) mass is 389 g/mol. The number of ether oxygens (including phenoxy) is 2. The molecule has 0 aromatic rings. The Morgan fingerprint density at radius 2 is 2.04 bits per heavy atom. The van der Waals surface area contributed by atoms with Crippen LogP contribution in [0.15, 0.2) is 32.9 Å². The third-order valence-corrected chi connectivity index (χ3v) is 10.7. The summed E-state index contributed by atoms with van der Waals surface area (Å²) in [5, 5.41) is 0. The fourth-order valence-electron chi connectivity index (χ4n) is 2.41. The molecule has 0 aliphatic heterocycles. The van der Waals surface area contributed by atoms with Gasteiger partial charge < -0.3 is 0 Å². The summed E-state index contributed by atoms with van der Waals surface area (Å²) in [5.74, 6) is 5.40. The first-order valence-electron chi connectivity index (χ1n) is 8.07. The quantitative estimate of drug-likeness (QED) is 0.274. The van der Waals surface area contributed by atoms with Gasteiger partial charge in [-0.3, -0.25) is 0 Å². The fraction of sp³-hybridized carbons (Fsp3) is 0.611. The summed E-state index contributed by atoms with van der Waals surface area (Å²) in [4.78, 5) is 13.9. The van der Waals surface area contributed by atoms with E-state index in [1.807, 2.05) is 21.0 Å². The Labute approximate surface area is 143 Å². The summed E-state index contributed by atoms with van der Waals surface area (Å²) in [7, 11) is 4.02. The molecule has 0 saturated heterocycles. The third kappa shape index (κ3) is 5.23. The average molecular weight is 388 g/mol. The van der Waals surface area contributed by atoms with Gasteiger partial charge in [0.05, 0.1) is 0 Å². The molecule has 0 spiro atoms. The van der Waals surface area contributed by atoms with Gasteiger partial charge in [-0.2, -0.15) is 0 Å². The molecule has 0 fully saturated rings. The van der Waals surface area contributed by atoms with Crippen LogP contribution < -0.4 is 0 Å². The first-order valence-corrected chi connectivity index (χ1v) is 13.2. The molecule has 0 heterocycles. The number of rotatable bonds is 8. The van der Waals surface area contributed by atoms with E-state index in [0.29, 0.717) is 6.61 Å². The molecule has 0 saturated carbocycles. The molecule has 0 aromatic carbocycles. The number of esters is 1. The van der Waals surface area contributed by atoms with Crippen molar-refractivity contribution >= 4 is 18.8 Å². The summed E-state index contributed by atoms with van der Waals surface area (Å²) in [5.41, 5.74) is 0. The van der Waals surface area contributed by atoms with Gasteiger partial charge in [-0.1, -0.05) is 0 Å². The predicted molar refractivity (Wildman–Crippen MR) is 97.5 cm³/mol. The molecule has 5 heteroatoms. The molecule has 1 aliphatic rings. The second kappa shape index (κ2) is 8.72. The Bertz CT molecular complexity index is 518. The molecule has 0 unspecified atom stereocenters. The Hall–Kier alpha value is -1.03. The summed E-state index contributed by atoms with van der Waals surface area (Å²) < 4.78 is 13.8. The summed E-state index contributed by atoms with van der Waals surface area (Å²) >= 11 is -2.16. The van der Waals surface area contributed by atoms with E-state index in [2.05, 4.69) is 42.5 Å². The SMILES string of the molecule is CCOC(=O)/C=C(/CC)[Se](C)(C)C1=C(O[C@H](C)N(C)C)CC=C1. The van der Waals surface area contributed by atoms with E-state index in [1.165, 1.54) is 8.94 Å². The number of carbonyl (C=O) groups is 1. The number of allylic oxidation sites excluding steroid dienone is 4. The van der Waals surface area contributed by atoms with Crippen LogP contribution in [0.2, 0.25) is 11.6 Å². The van der Waals surface area contributed by atoms with Crippen LogP contribution in [-0.2, 0) is 14.3 Å². The standard InChI is InChI=1S/C18H31NO3Se/c1-8-15(13-18(20)21-9-2)23(6,7)17-12-10-11-16(17)22-14(3)19(4)5/h10,12-14H,8-9,11H2,1-7H3/b15-13-/t14-/m1/s1. The summed E-state index contributed by atoms with van der Waals surface area (Å²) in [6.07, 6.45) is 7.78. The molecule has 1 atom stereocenters. The molecule has 1 aliphatic carbocycles. The minimum absolute atomic E-state index is 0.0341. The maximum absolute atomic E-state index is 11.9. The number of carbonyl (C=O) groups excluding carboxylic acids is 1. The van der Waals surface area contributed by atoms with Crippen molar-refractivity contribution in [1.29, 1.82) is 0 Å². The van der Waals surface area contributed by atoms with Crippen LogP contribution in [0.3, 0.4) is 0 Å². The van der Waals surface area contributed by atoms with Crippen LogP contribution >= 0.6 is 0 Å². The zero-order chi connectivity index (χ0) is 17.6. The predicted octanol–water partition coefficient (Wildman–Crippen LogP) is 3.81. The first-order chi connectivity index (χ1) is 10.7. The molecular formula is C18H31NO3Se. The fourth-order valence-corrected chi connectivity index (χ4v) is 7.72. The molecule has 132 valence electrons. The van der Waals surface area contributed by atoms with Crippen LogP contribution in [-0.4, -0.2) is 50.6 Å². The van der Waals surface area contributed by atoms with Gasteiger partial charge in [0, 0.05) is 0 Å². The molecule has 4 nitrogen and oxygen atoms in total. The zero-order valence-corrected chi connectivity index (χ0v) is 17.2. The topological polar surface area (TPSA) is 38.8 Å². The molecule has 0 bridgehead atoms. The van der Waals surface area contributed by atoms with Crippen LogP contribution in [0.4, 0.5) is 0 Å². The van der Waals surface area contributed by atoms with Crippen molar-refractivity contribution in [3.8, 4) is 0 Å². The average Bonchev–Trinajstić information content (AvgIpc) is 2.93. The van der Waals surface area contributed by atoms with E-state index >= 15 is 0 Å². The molecule has 0 radical (unpaired) electrons. The van der Waals surface area contributed by atoms with E-state index in [0.717, 1.165) is 18.6 Å². The van der Waals surface area contributed by atoms with Gasteiger partial charge in [-0.05, 0) is 0 Å². The van der Waals surface area contributed by atoms with Crippen molar-refractivity contribution in [3.63, 3.8) is 0 Å². The van der Waals surface area contributed by atoms with Crippen molar-refractivity contribution in [2.24, 2.45) is 0 Å². The molecular weight excluding hydrogens is 357 g/mol. The summed E-state index contributed by atoms with van der Waals surface area (Å²) in [6, 6.07) is 0. The van der Waals surface area contributed by atoms with E-state index in [1.54, 1.807) is 6.08 Å².